The number of ether oxygens (including phenoxy) is 2. The molecule has 3 amide bonds. The lowest BCUT2D eigenvalue weighted by Crippen LogP contribution is -2.19. The molecule has 0 aliphatic heterocycles. The predicted molar refractivity (Wildman–Crippen MR) is 141 cm³/mol. The molecule has 0 unspecified atom stereocenters. The van der Waals surface area contributed by atoms with Gasteiger partial charge in [0.25, 0.3) is 5.91 Å². The number of hydrogen-bond acceptors (Lipinski definition) is 5. The first-order chi connectivity index (χ1) is 18.6. The minimum absolute atomic E-state index is 0.0728. The van der Waals surface area contributed by atoms with E-state index in [9.17, 15) is 22.8 Å². The summed E-state index contributed by atoms with van der Waals surface area (Å²) in [5.74, 6) is 0.884. The number of halogens is 4. The molecule has 0 fully saturated rings. The van der Waals surface area contributed by atoms with Crippen LogP contribution in [0.1, 0.15) is 15.9 Å². The Balaban J connectivity index is 1.35. The van der Waals surface area contributed by atoms with Gasteiger partial charge in [-0.25, -0.2) is 9.78 Å². The molecule has 4 aromatic rings. The van der Waals surface area contributed by atoms with E-state index in [1.165, 1.54) is 19.4 Å². The molecule has 8 nitrogen and oxygen atoms in total. The van der Waals surface area contributed by atoms with E-state index in [4.69, 9.17) is 21.1 Å². The number of nitrogens with one attached hydrogen (secondary N) is 3. The van der Waals surface area contributed by atoms with Crippen molar-refractivity contribution in [2.45, 2.75) is 6.18 Å². The van der Waals surface area contributed by atoms with Crippen LogP contribution in [0.3, 0.4) is 0 Å². The summed E-state index contributed by atoms with van der Waals surface area (Å²) in [5, 5.41) is 7.13. The lowest BCUT2D eigenvalue weighted by Gasteiger charge is -2.13. The number of anilines is 3. The highest BCUT2D eigenvalue weighted by molar-refractivity contribution is 6.31. The van der Waals surface area contributed by atoms with Gasteiger partial charge in [0.1, 0.15) is 11.5 Å². The summed E-state index contributed by atoms with van der Waals surface area (Å²) in [6.07, 6.45) is -3.18. The van der Waals surface area contributed by atoms with Gasteiger partial charge in [0.2, 0.25) is 5.88 Å². The van der Waals surface area contributed by atoms with Crippen molar-refractivity contribution in [1.82, 2.24) is 4.98 Å². The Morgan fingerprint density at radius 3 is 2.18 bits per heavy atom. The number of alkyl halides is 3. The molecule has 3 N–H and O–H groups in total. The monoisotopic (exact) mass is 556 g/mol. The molecule has 1 heterocycles. The number of nitrogens with zero attached hydrogens (tertiary/aromatic N) is 1. The highest BCUT2D eigenvalue weighted by Crippen LogP contribution is 2.36. The summed E-state index contributed by atoms with van der Waals surface area (Å²) < 4.78 is 49.9. The van der Waals surface area contributed by atoms with Crippen LogP contribution in [0.15, 0.2) is 85.1 Å². The zero-order chi connectivity index (χ0) is 28.0. The van der Waals surface area contributed by atoms with Crippen LogP contribution in [0.2, 0.25) is 5.02 Å². The topological polar surface area (TPSA) is 102 Å². The molecule has 0 aliphatic carbocycles. The van der Waals surface area contributed by atoms with E-state index < -0.39 is 22.8 Å². The van der Waals surface area contributed by atoms with Crippen molar-refractivity contribution < 1.29 is 32.2 Å². The fourth-order valence-electron chi connectivity index (χ4n) is 3.34. The molecule has 39 heavy (non-hydrogen) atoms. The fourth-order valence-corrected chi connectivity index (χ4v) is 3.56. The lowest BCUT2D eigenvalue weighted by atomic mass is 10.2. The first-order valence-electron chi connectivity index (χ1n) is 11.2. The second-order valence-corrected chi connectivity index (χ2v) is 8.38. The van der Waals surface area contributed by atoms with Gasteiger partial charge >= 0.3 is 12.2 Å². The third kappa shape index (κ3) is 7.39. The summed E-state index contributed by atoms with van der Waals surface area (Å²) in [7, 11) is 1.49. The van der Waals surface area contributed by atoms with Crippen LogP contribution >= 0.6 is 11.6 Å². The molecule has 0 radical (unpaired) electrons. The van der Waals surface area contributed by atoms with E-state index >= 15 is 0 Å². The van der Waals surface area contributed by atoms with Crippen molar-refractivity contribution in [3.05, 3.63) is 101 Å². The van der Waals surface area contributed by atoms with Crippen molar-refractivity contribution in [2.75, 3.05) is 23.1 Å². The maximum atomic E-state index is 13.0. The van der Waals surface area contributed by atoms with Gasteiger partial charge in [0.05, 0.1) is 29.6 Å². The minimum Gasteiger partial charge on any atom is -0.481 e. The number of urea groups is 1. The normalized spacial score (nSPS) is 10.9. The summed E-state index contributed by atoms with van der Waals surface area (Å²) in [4.78, 5) is 28.9. The number of carbonyl (C=O) groups is 2. The Labute approximate surface area is 225 Å². The number of benzene rings is 3. The molecular weight excluding hydrogens is 537 g/mol. The van der Waals surface area contributed by atoms with Gasteiger partial charge in [-0.3, -0.25) is 4.79 Å². The molecule has 0 spiro atoms. The van der Waals surface area contributed by atoms with Crippen LogP contribution in [-0.4, -0.2) is 24.0 Å². The van der Waals surface area contributed by atoms with Crippen LogP contribution in [-0.2, 0) is 6.18 Å². The molecule has 1 aromatic heterocycles. The second-order valence-electron chi connectivity index (χ2n) is 7.97. The molecule has 0 bridgehead atoms. The fraction of sp³-hybridized carbons (Fsp3) is 0.0741. The molecule has 200 valence electrons. The van der Waals surface area contributed by atoms with E-state index in [0.717, 1.165) is 12.1 Å². The Morgan fingerprint density at radius 2 is 1.51 bits per heavy atom. The number of methoxy groups -OCH3 is 1. The van der Waals surface area contributed by atoms with Crippen LogP contribution in [0.25, 0.3) is 0 Å². The van der Waals surface area contributed by atoms with Gasteiger partial charge < -0.3 is 25.4 Å². The number of carbonyl (C=O) groups excluding carboxylic acids is 2. The zero-order valence-electron chi connectivity index (χ0n) is 20.2. The molecular formula is C27H20ClF3N4O4. The highest BCUT2D eigenvalue weighted by atomic mass is 35.5. The molecule has 0 atom stereocenters. The van der Waals surface area contributed by atoms with Crippen LogP contribution in [0, 0.1) is 0 Å². The van der Waals surface area contributed by atoms with Crippen LogP contribution in [0.4, 0.5) is 35.0 Å². The van der Waals surface area contributed by atoms with Crippen LogP contribution < -0.4 is 25.4 Å². The standard InChI is InChI=1S/C27H20ClF3N4O4/c1-38-24-12-8-19(15-32-24)33-25(36)16-3-2-4-21(13-16)39-20-9-5-17(6-10-20)34-26(37)35-18-7-11-23(28)22(14-18)27(29,30)31/h2-15H,1H3,(H,33,36)(H2,34,35,37). The first-order valence-corrected chi connectivity index (χ1v) is 11.6. The molecule has 12 heteroatoms. The summed E-state index contributed by atoms with van der Waals surface area (Å²) in [6.45, 7) is 0. The van der Waals surface area contributed by atoms with Gasteiger partial charge in [-0.1, -0.05) is 17.7 Å². The Bertz CT molecular complexity index is 1480. The second kappa shape index (κ2) is 11.7. The summed E-state index contributed by atoms with van der Waals surface area (Å²) in [5.41, 5.74) is 0.0930. The number of amides is 3. The molecule has 4 rings (SSSR count). The SMILES string of the molecule is COc1ccc(NC(=O)c2cccc(Oc3ccc(NC(=O)Nc4ccc(Cl)c(C(F)(F)F)c4)cc3)c2)cn1. The van der Waals surface area contributed by atoms with Crippen molar-refractivity contribution in [3.63, 3.8) is 0 Å². The predicted octanol–water partition coefficient (Wildman–Crippen LogP) is 7.45. The van der Waals surface area contributed by atoms with Gasteiger partial charge in [-0.15, -0.1) is 0 Å². The Hall–Kier alpha value is -4.77. The Kier molecular flexibility index (Phi) is 8.21. The highest BCUT2D eigenvalue weighted by Gasteiger charge is 2.33. The van der Waals surface area contributed by atoms with E-state index in [-0.39, 0.29) is 11.6 Å². The van der Waals surface area contributed by atoms with Gasteiger partial charge in [-0.2, -0.15) is 13.2 Å². The van der Waals surface area contributed by atoms with E-state index in [1.807, 2.05) is 0 Å². The van der Waals surface area contributed by atoms with Crippen molar-refractivity contribution in [1.29, 1.82) is 0 Å². The zero-order valence-corrected chi connectivity index (χ0v) is 20.9. The summed E-state index contributed by atoms with van der Waals surface area (Å²) >= 11 is 5.60. The minimum atomic E-state index is -4.65. The Morgan fingerprint density at radius 1 is 0.821 bits per heavy atom. The molecule has 3 aromatic carbocycles. The van der Waals surface area contributed by atoms with Crippen molar-refractivity contribution in [2.24, 2.45) is 0 Å². The summed E-state index contributed by atoms with van der Waals surface area (Å²) in [6, 6.07) is 18.4. The maximum Gasteiger partial charge on any atom is 0.417 e. The van der Waals surface area contributed by atoms with Gasteiger partial charge in [-0.05, 0) is 66.7 Å². The average molecular weight is 557 g/mol. The molecule has 0 saturated heterocycles. The van der Waals surface area contributed by atoms with Crippen molar-refractivity contribution >= 4 is 40.6 Å². The van der Waals surface area contributed by atoms with Gasteiger partial charge in [0.15, 0.2) is 0 Å². The van der Waals surface area contributed by atoms with E-state index in [2.05, 4.69) is 20.9 Å². The quantitative estimate of drug-likeness (QED) is 0.219. The lowest BCUT2D eigenvalue weighted by molar-refractivity contribution is -0.137. The van der Waals surface area contributed by atoms with Crippen molar-refractivity contribution in [3.8, 4) is 17.4 Å². The third-order valence-corrected chi connectivity index (χ3v) is 5.51. The van der Waals surface area contributed by atoms with E-state index in [1.54, 1.807) is 60.7 Å². The number of hydrogen-bond donors (Lipinski definition) is 3. The maximum absolute atomic E-state index is 13.0. The van der Waals surface area contributed by atoms with Crippen LogP contribution in [0.5, 0.6) is 17.4 Å². The number of pyridine rings is 1. The number of aromatic nitrogens is 1. The third-order valence-electron chi connectivity index (χ3n) is 5.18. The smallest absolute Gasteiger partial charge is 0.417 e. The molecule has 0 aliphatic rings. The van der Waals surface area contributed by atoms with Gasteiger partial charge in [0, 0.05) is 23.0 Å². The average Bonchev–Trinajstić information content (AvgIpc) is 2.91. The molecule has 0 saturated carbocycles. The van der Waals surface area contributed by atoms with E-state index in [0.29, 0.717) is 34.3 Å². The number of rotatable bonds is 7. The largest absolute Gasteiger partial charge is 0.481 e. The first kappa shape index (κ1) is 27.3.